The van der Waals surface area contributed by atoms with Crippen molar-refractivity contribution in [2.75, 3.05) is 0 Å². The van der Waals surface area contributed by atoms with Crippen LogP contribution in [0.25, 0.3) is 0 Å². The Morgan fingerprint density at radius 1 is 1.29 bits per heavy atom. The largest absolute Gasteiger partial charge is 0.271 e. The third-order valence-corrected chi connectivity index (χ3v) is 4.73. The first-order chi connectivity index (χ1) is 8.11. The van der Waals surface area contributed by atoms with E-state index in [1.807, 2.05) is 12.1 Å². The summed E-state index contributed by atoms with van der Waals surface area (Å²) in [5.74, 6) is 5.29. The van der Waals surface area contributed by atoms with Crippen molar-refractivity contribution in [2.45, 2.75) is 6.04 Å². The van der Waals surface area contributed by atoms with Crippen molar-refractivity contribution in [3.63, 3.8) is 0 Å². The Hall–Kier alpha value is -0.270. The highest BCUT2D eigenvalue weighted by molar-refractivity contribution is 9.12. The van der Waals surface area contributed by atoms with Crippen molar-refractivity contribution >= 4 is 43.2 Å². The normalized spacial score (nSPS) is 12.7. The van der Waals surface area contributed by atoms with E-state index in [0.717, 1.165) is 18.7 Å². The molecule has 17 heavy (non-hydrogen) atoms. The van der Waals surface area contributed by atoms with Gasteiger partial charge in [-0.05, 0) is 55.6 Å². The zero-order valence-corrected chi connectivity index (χ0v) is 12.6. The highest BCUT2D eigenvalue weighted by atomic mass is 79.9. The van der Waals surface area contributed by atoms with Gasteiger partial charge >= 0.3 is 0 Å². The third kappa shape index (κ3) is 2.95. The summed E-state index contributed by atoms with van der Waals surface area (Å²) < 4.78 is 15.2. The molecule has 2 rings (SSSR count). The molecule has 2 nitrogen and oxygen atoms in total. The number of hydrogen-bond acceptors (Lipinski definition) is 3. The molecule has 0 radical (unpaired) electrons. The number of hydrazine groups is 1. The Morgan fingerprint density at radius 2 is 2.06 bits per heavy atom. The molecule has 1 heterocycles. The molecular weight excluding hydrogens is 371 g/mol. The van der Waals surface area contributed by atoms with E-state index in [-0.39, 0.29) is 11.9 Å². The lowest BCUT2D eigenvalue weighted by Gasteiger charge is -2.15. The predicted octanol–water partition coefficient (Wildman–Crippen LogP) is 3.96. The third-order valence-electron chi connectivity index (χ3n) is 2.34. The smallest absolute Gasteiger partial charge is 0.123 e. The number of thiophene rings is 1. The summed E-state index contributed by atoms with van der Waals surface area (Å²) in [5.41, 5.74) is 4.48. The maximum absolute atomic E-state index is 13.2. The summed E-state index contributed by atoms with van der Waals surface area (Å²) in [6.07, 6.45) is 0. The number of halogens is 3. The van der Waals surface area contributed by atoms with Crippen LogP contribution >= 0.6 is 43.2 Å². The number of hydrogen-bond donors (Lipinski definition) is 2. The molecule has 0 aliphatic heterocycles. The van der Waals surface area contributed by atoms with E-state index >= 15 is 0 Å². The molecule has 0 spiro atoms. The second-order valence-corrected chi connectivity index (χ2v) is 7.18. The van der Waals surface area contributed by atoms with Crippen LogP contribution in [0.3, 0.4) is 0 Å². The molecule has 0 saturated carbocycles. The summed E-state index contributed by atoms with van der Waals surface area (Å²) in [4.78, 5) is 0. The molecule has 90 valence electrons. The molecule has 6 heteroatoms. The fraction of sp³-hybridized carbons (Fsp3) is 0.0909. The molecule has 0 aliphatic carbocycles. The predicted molar refractivity (Wildman–Crippen MR) is 75.3 cm³/mol. The summed E-state index contributed by atoms with van der Waals surface area (Å²) in [6, 6.07) is 8.13. The van der Waals surface area contributed by atoms with Crippen LogP contribution in [0.4, 0.5) is 4.39 Å². The monoisotopic (exact) mass is 378 g/mol. The lowest BCUT2D eigenvalue weighted by atomic mass is 10.0. The van der Waals surface area contributed by atoms with E-state index in [2.05, 4.69) is 37.3 Å². The Kier molecular flexibility index (Phi) is 4.32. The Labute approximate surface area is 119 Å². The van der Waals surface area contributed by atoms with Crippen LogP contribution in [0.2, 0.25) is 0 Å². The van der Waals surface area contributed by atoms with E-state index < -0.39 is 0 Å². The van der Waals surface area contributed by atoms with Gasteiger partial charge in [0.05, 0.1) is 13.6 Å². The Balaban J connectivity index is 2.43. The van der Waals surface area contributed by atoms with Crippen LogP contribution in [0, 0.1) is 5.82 Å². The summed E-state index contributed by atoms with van der Waals surface area (Å²) >= 11 is 8.44. The molecule has 0 fully saturated rings. The molecule has 0 aliphatic rings. The summed E-state index contributed by atoms with van der Waals surface area (Å²) in [7, 11) is 0. The van der Waals surface area contributed by atoms with Gasteiger partial charge in [-0.25, -0.2) is 9.82 Å². The Bertz CT molecular complexity index is 530. The molecule has 0 amide bonds. The number of rotatable bonds is 3. The average molecular weight is 380 g/mol. The minimum Gasteiger partial charge on any atom is -0.271 e. The lowest BCUT2D eigenvalue weighted by Crippen LogP contribution is -2.28. The second-order valence-electron chi connectivity index (χ2n) is 3.43. The molecule has 2 aromatic rings. The first-order valence-corrected chi connectivity index (χ1v) is 7.18. The highest BCUT2D eigenvalue weighted by Crippen LogP contribution is 2.37. The topological polar surface area (TPSA) is 38.0 Å². The van der Waals surface area contributed by atoms with E-state index in [9.17, 15) is 4.39 Å². The number of benzene rings is 1. The molecule has 0 saturated heterocycles. The minimum atomic E-state index is -0.270. The molecule has 3 N–H and O–H groups in total. The van der Waals surface area contributed by atoms with Crippen molar-refractivity contribution < 1.29 is 4.39 Å². The lowest BCUT2D eigenvalue weighted by molar-refractivity contribution is 0.605. The zero-order valence-electron chi connectivity index (χ0n) is 8.58. The quantitative estimate of drug-likeness (QED) is 0.625. The van der Waals surface area contributed by atoms with E-state index in [0.29, 0.717) is 0 Å². The number of nitrogens with one attached hydrogen (secondary N) is 1. The zero-order chi connectivity index (χ0) is 12.4. The number of nitrogens with two attached hydrogens (primary N) is 1. The standard InChI is InChI=1S/C11H9Br2FN2S/c12-9-5-8(11(13)17-9)10(16-15)6-2-1-3-7(14)4-6/h1-5,10,16H,15H2. The van der Waals surface area contributed by atoms with Gasteiger partial charge in [0.2, 0.25) is 0 Å². The fourth-order valence-electron chi connectivity index (χ4n) is 1.60. The fourth-order valence-corrected chi connectivity index (χ4v) is 4.50. The van der Waals surface area contributed by atoms with Gasteiger partial charge in [-0.3, -0.25) is 5.84 Å². The van der Waals surface area contributed by atoms with Gasteiger partial charge in [0, 0.05) is 5.56 Å². The molecule has 1 atom stereocenters. The van der Waals surface area contributed by atoms with Gasteiger partial charge < -0.3 is 0 Å². The van der Waals surface area contributed by atoms with Gasteiger partial charge in [0.15, 0.2) is 0 Å². The van der Waals surface area contributed by atoms with Crippen molar-refractivity contribution in [3.05, 3.63) is 54.8 Å². The van der Waals surface area contributed by atoms with Crippen molar-refractivity contribution in [2.24, 2.45) is 5.84 Å². The molecule has 1 aromatic heterocycles. The molecule has 1 aromatic carbocycles. The van der Waals surface area contributed by atoms with Crippen LogP contribution in [0.1, 0.15) is 17.2 Å². The Morgan fingerprint density at radius 3 is 2.59 bits per heavy atom. The minimum absolute atomic E-state index is 0.234. The van der Waals surface area contributed by atoms with E-state index in [1.165, 1.54) is 12.1 Å². The first-order valence-electron chi connectivity index (χ1n) is 4.78. The van der Waals surface area contributed by atoms with Crippen LogP contribution in [-0.4, -0.2) is 0 Å². The summed E-state index contributed by atoms with van der Waals surface area (Å²) in [5, 5.41) is 0. The van der Waals surface area contributed by atoms with E-state index in [4.69, 9.17) is 5.84 Å². The molecule has 1 unspecified atom stereocenters. The van der Waals surface area contributed by atoms with Crippen molar-refractivity contribution in [1.29, 1.82) is 0 Å². The van der Waals surface area contributed by atoms with Gasteiger partial charge in [0.1, 0.15) is 5.82 Å². The maximum atomic E-state index is 13.2. The van der Waals surface area contributed by atoms with Crippen molar-refractivity contribution in [1.82, 2.24) is 5.43 Å². The highest BCUT2D eigenvalue weighted by Gasteiger charge is 2.18. The second kappa shape index (κ2) is 5.58. The molecular formula is C11H9Br2FN2S. The SMILES string of the molecule is NNC(c1cccc(F)c1)c1cc(Br)sc1Br. The van der Waals surface area contributed by atoms with E-state index in [1.54, 1.807) is 17.4 Å². The van der Waals surface area contributed by atoms with Gasteiger partial charge in [0.25, 0.3) is 0 Å². The average Bonchev–Trinajstić information content (AvgIpc) is 2.59. The van der Waals surface area contributed by atoms with Gasteiger partial charge in [-0.2, -0.15) is 0 Å². The first kappa shape index (κ1) is 13.2. The summed E-state index contributed by atoms with van der Waals surface area (Å²) in [6.45, 7) is 0. The van der Waals surface area contributed by atoms with Crippen LogP contribution < -0.4 is 11.3 Å². The van der Waals surface area contributed by atoms with Crippen molar-refractivity contribution in [3.8, 4) is 0 Å². The van der Waals surface area contributed by atoms with Crippen LogP contribution in [0.15, 0.2) is 37.9 Å². The van der Waals surface area contributed by atoms with Crippen LogP contribution in [-0.2, 0) is 0 Å². The van der Waals surface area contributed by atoms with Crippen LogP contribution in [0.5, 0.6) is 0 Å². The maximum Gasteiger partial charge on any atom is 0.123 e. The van der Waals surface area contributed by atoms with Gasteiger partial charge in [-0.1, -0.05) is 12.1 Å². The molecule has 0 bridgehead atoms. The van der Waals surface area contributed by atoms with Gasteiger partial charge in [-0.15, -0.1) is 11.3 Å².